The van der Waals surface area contributed by atoms with E-state index in [0.29, 0.717) is 0 Å². The molecule has 0 radical (unpaired) electrons. The first kappa shape index (κ1) is 6.88. The third-order valence-corrected chi connectivity index (χ3v) is 0.499. The van der Waals surface area contributed by atoms with E-state index in [1.807, 2.05) is 0 Å². The van der Waals surface area contributed by atoms with Crippen LogP contribution in [0, 0.1) is 0 Å². The molecule has 0 fully saturated rings. The SMILES string of the molecule is C=C(O)C=C(O)OC. The highest BCUT2D eigenvalue weighted by Crippen LogP contribution is 1.92. The Morgan fingerprint density at radius 3 is 2.25 bits per heavy atom. The molecule has 0 unspecified atom stereocenters. The minimum atomic E-state index is -0.350. The molecule has 3 heteroatoms. The Kier molecular flexibility index (Phi) is 2.54. The lowest BCUT2D eigenvalue weighted by Crippen LogP contribution is -1.83. The lowest BCUT2D eigenvalue weighted by molar-refractivity contribution is 0.134. The van der Waals surface area contributed by atoms with E-state index >= 15 is 0 Å². The molecule has 0 atom stereocenters. The summed E-state index contributed by atoms with van der Waals surface area (Å²) in [4.78, 5) is 0. The maximum absolute atomic E-state index is 8.45. The van der Waals surface area contributed by atoms with Crippen LogP contribution in [0.1, 0.15) is 0 Å². The fourth-order valence-electron chi connectivity index (χ4n) is 0.201. The van der Waals surface area contributed by atoms with E-state index in [0.717, 1.165) is 6.08 Å². The Morgan fingerprint density at radius 2 is 2.12 bits per heavy atom. The lowest BCUT2D eigenvalue weighted by Gasteiger charge is -1.93. The van der Waals surface area contributed by atoms with Crippen molar-refractivity contribution in [1.82, 2.24) is 0 Å². The van der Waals surface area contributed by atoms with Crippen LogP contribution in [0.3, 0.4) is 0 Å². The lowest BCUT2D eigenvalue weighted by atomic mass is 10.5. The predicted octanol–water partition coefficient (Wildman–Crippen LogP) is 1.10. The molecule has 0 spiro atoms. The minimum absolute atomic E-state index is 0.232. The van der Waals surface area contributed by atoms with Gasteiger partial charge in [0.25, 0.3) is 5.95 Å². The topological polar surface area (TPSA) is 49.7 Å². The van der Waals surface area contributed by atoms with Crippen LogP contribution in [0.15, 0.2) is 24.4 Å². The van der Waals surface area contributed by atoms with Gasteiger partial charge in [0.05, 0.1) is 13.2 Å². The highest BCUT2D eigenvalue weighted by atomic mass is 16.6. The molecule has 0 saturated heterocycles. The van der Waals surface area contributed by atoms with Crippen LogP contribution in [0.5, 0.6) is 0 Å². The van der Waals surface area contributed by atoms with Crippen molar-refractivity contribution in [1.29, 1.82) is 0 Å². The molecular weight excluding hydrogens is 108 g/mol. The average molecular weight is 116 g/mol. The predicted molar refractivity (Wildman–Crippen MR) is 29.5 cm³/mol. The zero-order valence-corrected chi connectivity index (χ0v) is 4.59. The zero-order valence-electron chi connectivity index (χ0n) is 4.59. The second-order valence-corrected chi connectivity index (χ2v) is 1.18. The molecule has 0 aliphatic carbocycles. The van der Waals surface area contributed by atoms with Crippen LogP contribution in [0.2, 0.25) is 0 Å². The second-order valence-electron chi connectivity index (χ2n) is 1.18. The van der Waals surface area contributed by atoms with Crippen molar-refractivity contribution < 1.29 is 14.9 Å². The van der Waals surface area contributed by atoms with Gasteiger partial charge in [-0.15, -0.1) is 0 Å². The molecule has 0 aliphatic rings. The third kappa shape index (κ3) is 3.08. The molecule has 0 aliphatic heterocycles. The molecular formula is C5H8O3. The zero-order chi connectivity index (χ0) is 6.57. The summed E-state index contributed by atoms with van der Waals surface area (Å²) in [6.45, 7) is 3.08. The molecule has 0 saturated carbocycles. The Balaban J connectivity index is 3.75. The smallest absolute Gasteiger partial charge is 0.280 e. The molecule has 8 heavy (non-hydrogen) atoms. The van der Waals surface area contributed by atoms with E-state index in [1.54, 1.807) is 0 Å². The van der Waals surface area contributed by atoms with Crippen molar-refractivity contribution in [3.05, 3.63) is 24.4 Å². The molecule has 0 amide bonds. The second kappa shape index (κ2) is 2.96. The summed E-state index contributed by atoms with van der Waals surface area (Å²) in [5.41, 5.74) is 0. The maximum Gasteiger partial charge on any atom is 0.280 e. The van der Waals surface area contributed by atoms with E-state index in [9.17, 15) is 0 Å². The Morgan fingerprint density at radius 1 is 1.62 bits per heavy atom. The van der Waals surface area contributed by atoms with Gasteiger partial charge in [-0.3, -0.25) is 0 Å². The first-order valence-corrected chi connectivity index (χ1v) is 1.99. The van der Waals surface area contributed by atoms with Gasteiger partial charge in [-0.05, 0) is 0 Å². The van der Waals surface area contributed by atoms with Crippen molar-refractivity contribution in [3.8, 4) is 0 Å². The number of hydrogen-bond acceptors (Lipinski definition) is 3. The standard InChI is InChI=1S/C5H8O3/c1-4(6)3-5(7)8-2/h3,6-7H,1H2,2H3. The summed E-state index contributed by atoms with van der Waals surface area (Å²) in [6.07, 6.45) is 1.00. The van der Waals surface area contributed by atoms with E-state index in [2.05, 4.69) is 11.3 Å². The number of ether oxygens (including phenoxy) is 1. The van der Waals surface area contributed by atoms with Crippen LogP contribution in [-0.4, -0.2) is 17.3 Å². The van der Waals surface area contributed by atoms with E-state index in [-0.39, 0.29) is 11.7 Å². The summed E-state index contributed by atoms with van der Waals surface area (Å²) >= 11 is 0. The normalized spacial score (nSPS) is 10.9. The van der Waals surface area contributed by atoms with Crippen molar-refractivity contribution >= 4 is 0 Å². The minimum Gasteiger partial charge on any atom is -0.508 e. The quantitative estimate of drug-likeness (QED) is 0.419. The van der Waals surface area contributed by atoms with Crippen LogP contribution in [0.4, 0.5) is 0 Å². The Bertz CT molecular complexity index is 115. The van der Waals surface area contributed by atoms with Gasteiger partial charge in [-0.25, -0.2) is 0 Å². The fraction of sp³-hybridized carbons (Fsp3) is 0.200. The van der Waals surface area contributed by atoms with Gasteiger partial charge in [0.1, 0.15) is 5.76 Å². The molecule has 0 heterocycles. The van der Waals surface area contributed by atoms with Crippen LogP contribution in [-0.2, 0) is 4.74 Å². The van der Waals surface area contributed by atoms with Gasteiger partial charge >= 0.3 is 0 Å². The van der Waals surface area contributed by atoms with Crippen molar-refractivity contribution in [3.63, 3.8) is 0 Å². The number of methoxy groups -OCH3 is 1. The summed E-state index contributed by atoms with van der Waals surface area (Å²) in [6, 6.07) is 0. The van der Waals surface area contributed by atoms with E-state index in [4.69, 9.17) is 10.2 Å². The first-order chi connectivity index (χ1) is 3.66. The molecule has 3 nitrogen and oxygen atoms in total. The van der Waals surface area contributed by atoms with Gasteiger partial charge in [-0.1, -0.05) is 6.58 Å². The average Bonchev–Trinajstić information content (AvgIpc) is 1.65. The monoisotopic (exact) mass is 116 g/mol. The molecule has 0 aromatic carbocycles. The number of aliphatic hydroxyl groups excluding tert-OH is 2. The van der Waals surface area contributed by atoms with Crippen LogP contribution in [0.25, 0.3) is 0 Å². The van der Waals surface area contributed by atoms with E-state index < -0.39 is 0 Å². The van der Waals surface area contributed by atoms with Gasteiger partial charge in [-0.2, -0.15) is 0 Å². The number of aliphatic hydroxyl groups is 2. The van der Waals surface area contributed by atoms with Gasteiger partial charge < -0.3 is 14.9 Å². The van der Waals surface area contributed by atoms with E-state index in [1.165, 1.54) is 7.11 Å². The largest absolute Gasteiger partial charge is 0.508 e. The first-order valence-electron chi connectivity index (χ1n) is 1.99. The Hall–Kier alpha value is -1.12. The van der Waals surface area contributed by atoms with Crippen LogP contribution < -0.4 is 0 Å². The summed E-state index contributed by atoms with van der Waals surface area (Å²) in [5, 5.41) is 16.8. The van der Waals surface area contributed by atoms with Crippen molar-refractivity contribution in [2.45, 2.75) is 0 Å². The number of hydrogen-bond donors (Lipinski definition) is 2. The summed E-state index contributed by atoms with van der Waals surface area (Å²) in [7, 11) is 1.29. The van der Waals surface area contributed by atoms with Gasteiger partial charge in [0.15, 0.2) is 0 Å². The fourth-order valence-corrected chi connectivity index (χ4v) is 0.201. The molecule has 0 aromatic rings. The maximum atomic E-state index is 8.45. The van der Waals surface area contributed by atoms with Gasteiger partial charge in [0.2, 0.25) is 0 Å². The third-order valence-electron chi connectivity index (χ3n) is 0.499. The molecule has 0 bridgehead atoms. The number of rotatable bonds is 2. The molecule has 0 rings (SSSR count). The highest BCUT2D eigenvalue weighted by molar-refractivity contribution is 5.05. The molecule has 2 N–H and O–H groups in total. The summed E-state index contributed by atoms with van der Waals surface area (Å²) < 4.78 is 4.26. The van der Waals surface area contributed by atoms with Crippen molar-refractivity contribution in [2.75, 3.05) is 7.11 Å². The Labute approximate surface area is 47.5 Å². The number of allylic oxidation sites excluding steroid dienone is 1. The highest BCUT2D eigenvalue weighted by Gasteiger charge is 1.86. The molecule has 46 valence electrons. The molecule has 0 aromatic heterocycles. The summed E-state index contributed by atoms with van der Waals surface area (Å²) in [5.74, 6) is -0.582. The van der Waals surface area contributed by atoms with Crippen molar-refractivity contribution in [2.24, 2.45) is 0 Å². The van der Waals surface area contributed by atoms with Gasteiger partial charge in [0, 0.05) is 0 Å². The van der Waals surface area contributed by atoms with Crippen LogP contribution >= 0.6 is 0 Å².